The zero-order valence-corrected chi connectivity index (χ0v) is 23.5. The van der Waals surface area contributed by atoms with E-state index in [1.54, 1.807) is 31.3 Å². The van der Waals surface area contributed by atoms with Gasteiger partial charge in [0.05, 0.1) is 17.3 Å². The van der Waals surface area contributed by atoms with Crippen LogP contribution in [0.25, 0.3) is 0 Å². The molecule has 38 heavy (non-hydrogen) atoms. The van der Waals surface area contributed by atoms with Gasteiger partial charge in [-0.05, 0) is 60.7 Å². The monoisotopic (exact) mass is 556 g/mol. The number of rotatable bonds is 9. The predicted octanol–water partition coefficient (Wildman–Crippen LogP) is 4.39. The van der Waals surface area contributed by atoms with Gasteiger partial charge in [0.1, 0.15) is 23.4 Å². The molecule has 202 valence electrons. The highest BCUT2D eigenvalue weighted by molar-refractivity contribution is 7.89. The van der Waals surface area contributed by atoms with Gasteiger partial charge in [-0.25, -0.2) is 8.42 Å². The van der Waals surface area contributed by atoms with Crippen molar-refractivity contribution in [3.8, 4) is 5.75 Å². The molecular weight excluding hydrogens is 524 g/mol. The van der Waals surface area contributed by atoms with E-state index < -0.39 is 10.0 Å². The first-order chi connectivity index (χ1) is 18.2. The van der Waals surface area contributed by atoms with Crippen molar-refractivity contribution < 1.29 is 27.5 Å². The number of carbonyl (C=O) groups is 2. The highest BCUT2D eigenvalue weighted by Gasteiger charge is 2.34. The topological polar surface area (TPSA) is 102 Å². The molecule has 0 saturated heterocycles. The maximum atomic E-state index is 13.7. The van der Waals surface area contributed by atoms with Crippen molar-refractivity contribution in [1.29, 1.82) is 0 Å². The number of nitrogens with one attached hydrogen (secondary N) is 1. The average molecular weight is 557 g/mol. The van der Waals surface area contributed by atoms with Crippen LogP contribution in [0.15, 0.2) is 53.4 Å². The minimum absolute atomic E-state index is 0.0989. The van der Waals surface area contributed by atoms with Gasteiger partial charge in [0, 0.05) is 18.5 Å². The summed E-state index contributed by atoms with van der Waals surface area (Å²) in [5.41, 5.74) is 3.58. The van der Waals surface area contributed by atoms with E-state index in [1.807, 2.05) is 45.0 Å². The van der Waals surface area contributed by atoms with Crippen LogP contribution in [0.2, 0.25) is 0 Å². The maximum Gasteiger partial charge on any atom is 0.293 e. The van der Waals surface area contributed by atoms with Gasteiger partial charge in [0.25, 0.3) is 12.4 Å². The second-order valence-corrected chi connectivity index (χ2v) is 12.3. The molecule has 2 heterocycles. The zero-order chi connectivity index (χ0) is 27.4. The fourth-order valence-electron chi connectivity index (χ4n) is 4.61. The molecule has 3 aromatic rings. The van der Waals surface area contributed by atoms with E-state index in [1.165, 1.54) is 15.6 Å². The van der Waals surface area contributed by atoms with Crippen molar-refractivity contribution >= 4 is 33.7 Å². The Kier molecular flexibility index (Phi) is 8.54. The van der Waals surface area contributed by atoms with Crippen LogP contribution in [0.3, 0.4) is 0 Å². The van der Waals surface area contributed by atoms with Crippen molar-refractivity contribution in [2.24, 2.45) is 0 Å². The summed E-state index contributed by atoms with van der Waals surface area (Å²) in [4.78, 5) is 25.0. The third kappa shape index (κ3) is 5.62. The third-order valence-corrected chi connectivity index (χ3v) is 10.0. The molecule has 10 heteroatoms. The first kappa shape index (κ1) is 27.8. The van der Waals surface area contributed by atoms with Crippen molar-refractivity contribution in [2.75, 3.05) is 20.2 Å². The minimum atomic E-state index is -3.80. The number of amides is 1. The molecule has 1 aromatic heterocycles. The average Bonchev–Trinajstić information content (AvgIpc) is 3.25. The fraction of sp³-hybridized carbons (Fsp3) is 0.357. The van der Waals surface area contributed by atoms with E-state index in [0.717, 1.165) is 27.1 Å². The number of thiophene rings is 1. The van der Waals surface area contributed by atoms with Crippen molar-refractivity contribution in [1.82, 2.24) is 9.62 Å². The number of hydrogen-bond acceptors (Lipinski definition) is 7. The van der Waals surface area contributed by atoms with E-state index in [4.69, 9.17) is 9.47 Å². The molecule has 0 spiro atoms. The molecule has 1 unspecified atom stereocenters. The Morgan fingerprint density at radius 3 is 2.68 bits per heavy atom. The summed E-state index contributed by atoms with van der Waals surface area (Å²) in [6.45, 7) is 6.76. The molecule has 0 fully saturated rings. The molecule has 1 aliphatic heterocycles. The van der Waals surface area contributed by atoms with Crippen molar-refractivity contribution in [2.45, 2.75) is 50.7 Å². The Morgan fingerprint density at radius 1 is 1.21 bits per heavy atom. The molecule has 1 aliphatic rings. The van der Waals surface area contributed by atoms with Gasteiger partial charge in [-0.2, -0.15) is 4.31 Å². The summed E-state index contributed by atoms with van der Waals surface area (Å²) in [6.07, 6.45) is 0.387. The van der Waals surface area contributed by atoms with E-state index in [9.17, 15) is 18.0 Å². The molecule has 0 bridgehead atoms. The van der Waals surface area contributed by atoms with Crippen LogP contribution < -0.4 is 10.1 Å². The summed E-state index contributed by atoms with van der Waals surface area (Å²) in [5, 5.41) is 2.65. The second kappa shape index (κ2) is 11.7. The largest absolute Gasteiger partial charge is 0.488 e. The fourth-order valence-corrected chi connectivity index (χ4v) is 7.41. The number of fused-ring (bicyclic) bond motifs is 1. The van der Waals surface area contributed by atoms with Gasteiger partial charge in [0.2, 0.25) is 10.0 Å². The van der Waals surface area contributed by atoms with Gasteiger partial charge < -0.3 is 14.8 Å². The number of hydrogen-bond donors (Lipinski definition) is 1. The van der Waals surface area contributed by atoms with Gasteiger partial charge >= 0.3 is 0 Å². The maximum absolute atomic E-state index is 13.7. The molecular formula is C28H32N2O6S2. The highest BCUT2D eigenvalue weighted by Crippen LogP contribution is 2.36. The van der Waals surface area contributed by atoms with Crippen LogP contribution in [0.5, 0.6) is 5.75 Å². The zero-order valence-electron chi connectivity index (χ0n) is 21.9. The van der Waals surface area contributed by atoms with Gasteiger partial charge in [-0.3, -0.25) is 9.59 Å². The molecule has 8 nitrogen and oxygen atoms in total. The number of aryl methyl sites for hydroxylation is 2. The number of sulfonamides is 1. The van der Waals surface area contributed by atoms with Crippen molar-refractivity contribution in [3.63, 3.8) is 0 Å². The number of ether oxygens (including phenoxy) is 2. The first-order valence-corrected chi connectivity index (χ1v) is 14.7. The van der Waals surface area contributed by atoms with Crippen molar-refractivity contribution in [3.05, 3.63) is 80.5 Å². The Labute approximate surface area is 227 Å². The Balaban J connectivity index is 1.73. The number of benzene rings is 2. The molecule has 1 N–H and O–H groups in total. The standard InChI is InChI=1S/C28H32N2O6S2/c1-5-22-15-30(38(33,34)26-9-7-6-8-24(26)36-22)14-21-13-20(11-10-18(21)2)23(16-35-17-31)27-19(3)12-25(37-27)28(32)29-4/h6-13,17,22-23H,5,14-16H2,1-4H3,(H,29,32)/t22-,23?/m1/s1. The summed E-state index contributed by atoms with van der Waals surface area (Å²) in [7, 11) is -2.21. The highest BCUT2D eigenvalue weighted by atomic mass is 32.2. The van der Waals surface area contributed by atoms with Gasteiger partial charge in [0.15, 0.2) is 0 Å². The van der Waals surface area contributed by atoms with Crippen LogP contribution in [-0.4, -0.2) is 51.4 Å². The normalized spacial score (nSPS) is 17.5. The van der Waals surface area contributed by atoms with Crippen LogP contribution in [0.1, 0.15) is 56.1 Å². The third-order valence-electron chi connectivity index (χ3n) is 6.80. The van der Waals surface area contributed by atoms with Crippen LogP contribution >= 0.6 is 11.3 Å². The smallest absolute Gasteiger partial charge is 0.293 e. The predicted molar refractivity (Wildman–Crippen MR) is 146 cm³/mol. The Bertz CT molecular complexity index is 1430. The summed E-state index contributed by atoms with van der Waals surface area (Å²) in [5.74, 6) is -0.113. The molecule has 0 radical (unpaired) electrons. The summed E-state index contributed by atoms with van der Waals surface area (Å²) in [6, 6.07) is 14.5. The molecule has 2 atom stereocenters. The van der Waals surface area contributed by atoms with E-state index >= 15 is 0 Å². The number of para-hydroxylation sites is 1. The van der Waals surface area contributed by atoms with E-state index in [2.05, 4.69) is 5.32 Å². The van der Waals surface area contributed by atoms with E-state index in [0.29, 0.717) is 23.5 Å². The summed E-state index contributed by atoms with van der Waals surface area (Å²) < 4.78 is 40.1. The molecule has 4 rings (SSSR count). The lowest BCUT2D eigenvalue weighted by Gasteiger charge is -2.24. The Morgan fingerprint density at radius 2 is 1.97 bits per heavy atom. The molecule has 1 amide bonds. The van der Waals surface area contributed by atoms with Crippen LogP contribution in [0, 0.1) is 13.8 Å². The lowest BCUT2D eigenvalue weighted by molar-refractivity contribution is -0.128. The quantitative estimate of drug-likeness (QED) is 0.392. The lowest BCUT2D eigenvalue weighted by Crippen LogP contribution is -2.36. The minimum Gasteiger partial charge on any atom is -0.488 e. The SMILES string of the molecule is CC[C@@H]1CN(Cc2cc(C(COC=O)c3sc(C(=O)NC)cc3C)ccc2C)S(=O)(=O)c2ccccc2O1. The Hall–Kier alpha value is -3.21. The first-order valence-electron chi connectivity index (χ1n) is 12.4. The lowest BCUT2D eigenvalue weighted by atomic mass is 9.93. The van der Waals surface area contributed by atoms with Gasteiger partial charge in [-0.1, -0.05) is 37.3 Å². The number of carbonyl (C=O) groups excluding carboxylic acids is 2. The van der Waals surface area contributed by atoms with Crippen LogP contribution in [0.4, 0.5) is 0 Å². The van der Waals surface area contributed by atoms with Crippen LogP contribution in [-0.2, 0) is 26.1 Å². The second-order valence-electron chi connectivity index (χ2n) is 9.30. The molecule has 2 aromatic carbocycles. The van der Waals surface area contributed by atoms with Gasteiger partial charge in [-0.15, -0.1) is 11.3 Å². The molecule has 0 saturated carbocycles. The molecule has 0 aliphatic carbocycles. The van der Waals surface area contributed by atoms with E-state index in [-0.39, 0.29) is 42.5 Å². The number of nitrogens with zero attached hydrogens (tertiary/aromatic N) is 1. The summed E-state index contributed by atoms with van der Waals surface area (Å²) >= 11 is 1.36.